The highest BCUT2D eigenvalue weighted by Crippen LogP contribution is 2.17. The van der Waals surface area contributed by atoms with Crippen molar-refractivity contribution in [2.24, 2.45) is 0 Å². The van der Waals surface area contributed by atoms with Crippen molar-refractivity contribution in [1.29, 1.82) is 0 Å². The normalized spacial score (nSPS) is 13.6. The van der Waals surface area contributed by atoms with Gasteiger partial charge in [-0.05, 0) is 38.1 Å². The molecule has 2 atom stereocenters. The van der Waals surface area contributed by atoms with Crippen LogP contribution < -0.4 is 14.8 Å². The highest BCUT2D eigenvalue weighted by atomic mass is 79.9. The van der Waals surface area contributed by atoms with Crippen LogP contribution in [0.25, 0.3) is 0 Å². The zero-order valence-corrected chi connectivity index (χ0v) is 12.4. The van der Waals surface area contributed by atoms with Gasteiger partial charge in [-0.25, -0.2) is 0 Å². The van der Waals surface area contributed by atoms with Gasteiger partial charge < -0.3 is 14.8 Å². The van der Waals surface area contributed by atoms with Gasteiger partial charge in [0.25, 0.3) is 0 Å². The number of carbonyl (C=O) groups is 1. The summed E-state index contributed by atoms with van der Waals surface area (Å²) in [5.74, 6) is 1.50. The second-order valence-corrected chi connectivity index (χ2v) is 5.34. The number of hydrogen-bond acceptors (Lipinski definition) is 3. The van der Waals surface area contributed by atoms with Crippen LogP contribution in [0.1, 0.15) is 13.8 Å². The van der Waals surface area contributed by atoms with Gasteiger partial charge in [0, 0.05) is 0 Å². The van der Waals surface area contributed by atoms with Crippen LogP contribution >= 0.6 is 15.9 Å². The zero-order valence-electron chi connectivity index (χ0n) is 10.8. The number of methoxy groups -OCH3 is 1. The zero-order chi connectivity index (χ0) is 13.5. The van der Waals surface area contributed by atoms with Crippen LogP contribution in [0.4, 0.5) is 0 Å². The number of nitrogens with one attached hydrogen (secondary N) is 1. The maximum Gasteiger partial charge on any atom is 0.233 e. The summed E-state index contributed by atoms with van der Waals surface area (Å²) in [6.45, 7) is 4.16. The fourth-order valence-corrected chi connectivity index (χ4v) is 1.48. The molecule has 1 aromatic carbocycles. The van der Waals surface area contributed by atoms with Crippen LogP contribution in [0, 0.1) is 0 Å². The van der Waals surface area contributed by atoms with Gasteiger partial charge in [-0.3, -0.25) is 4.79 Å². The van der Waals surface area contributed by atoms with E-state index in [1.807, 2.05) is 31.2 Å². The first-order chi connectivity index (χ1) is 8.52. The predicted octanol–water partition coefficient (Wildman–Crippen LogP) is 2.36. The van der Waals surface area contributed by atoms with E-state index in [2.05, 4.69) is 21.2 Å². The lowest BCUT2D eigenvalue weighted by Gasteiger charge is -2.16. The number of amides is 1. The van der Waals surface area contributed by atoms with Gasteiger partial charge in [-0.2, -0.15) is 0 Å². The molecule has 5 heteroatoms. The van der Waals surface area contributed by atoms with E-state index in [0.717, 1.165) is 11.5 Å². The lowest BCUT2D eigenvalue weighted by Crippen LogP contribution is -2.36. The van der Waals surface area contributed by atoms with Gasteiger partial charge in [0.05, 0.1) is 18.5 Å². The molecular weight excluding hydrogens is 298 g/mol. The molecule has 1 N–H and O–H groups in total. The Morgan fingerprint density at radius 3 is 2.33 bits per heavy atom. The van der Waals surface area contributed by atoms with E-state index in [-0.39, 0.29) is 16.8 Å². The molecule has 1 aromatic rings. The van der Waals surface area contributed by atoms with Crippen molar-refractivity contribution in [2.75, 3.05) is 13.7 Å². The Balaban J connectivity index is 2.39. The van der Waals surface area contributed by atoms with Gasteiger partial charge in [0.1, 0.15) is 17.6 Å². The van der Waals surface area contributed by atoms with Gasteiger partial charge in [-0.1, -0.05) is 15.9 Å². The van der Waals surface area contributed by atoms with Crippen molar-refractivity contribution in [2.45, 2.75) is 24.8 Å². The molecule has 0 saturated carbocycles. The van der Waals surface area contributed by atoms with Gasteiger partial charge in [0.2, 0.25) is 5.91 Å². The summed E-state index contributed by atoms with van der Waals surface area (Å²) in [5.41, 5.74) is 0. The molecular formula is C13H18BrNO3. The fourth-order valence-electron chi connectivity index (χ4n) is 1.31. The molecule has 2 unspecified atom stereocenters. The smallest absolute Gasteiger partial charge is 0.233 e. The quantitative estimate of drug-likeness (QED) is 0.820. The fraction of sp³-hybridized carbons (Fsp3) is 0.462. The Morgan fingerprint density at radius 2 is 1.83 bits per heavy atom. The van der Waals surface area contributed by atoms with Crippen LogP contribution in [0.15, 0.2) is 24.3 Å². The van der Waals surface area contributed by atoms with E-state index in [0.29, 0.717) is 6.54 Å². The number of carbonyl (C=O) groups excluding carboxylic acids is 1. The predicted molar refractivity (Wildman–Crippen MR) is 74.5 cm³/mol. The summed E-state index contributed by atoms with van der Waals surface area (Å²) < 4.78 is 10.7. The van der Waals surface area contributed by atoms with Gasteiger partial charge in [-0.15, -0.1) is 0 Å². The summed E-state index contributed by atoms with van der Waals surface area (Å²) in [5, 5.41) is 2.79. The first-order valence-corrected chi connectivity index (χ1v) is 6.67. The minimum absolute atomic E-state index is 0.0415. The maximum absolute atomic E-state index is 11.4. The molecule has 0 aromatic heterocycles. The Bertz CT molecular complexity index is 378. The highest BCUT2D eigenvalue weighted by molar-refractivity contribution is 9.10. The number of alkyl halides is 1. The minimum atomic E-state index is -0.189. The maximum atomic E-state index is 11.4. The van der Waals surface area contributed by atoms with Crippen molar-refractivity contribution in [1.82, 2.24) is 5.32 Å². The lowest BCUT2D eigenvalue weighted by atomic mass is 10.3. The Morgan fingerprint density at radius 1 is 1.28 bits per heavy atom. The summed E-state index contributed by atoms with van der Waals surface area (Å²) >= 11 is 3.21. The molecule has 0 radical (unpaired) electrons. The SMILES string of the molecule is COc1ccc(OC(C)CNC(=O)C(C)Br)cc1. The number of hydrogen-bond donors (Lipinski definition) is 1. The molecule has 0 heterocycles. The standard InChI is InChI=1S/C13H18BrNO3/c1-9(8-15-13(16)10(2)14)18-12-6-4-11(17-3)5-7-12/h4-7,9-10H,8H2,1-3H3,(H,15,16). The molecule has 0 fully saturated rings. The van der Waals surface area contributed by atoms with E-state index in [4.69, 9.17) is 9.47 Å². The molecule has 0 bridgehead atoms. The van der Waals surface area contributed by atoms with E-state index in [1.165, 1.54) is 0 Å². The molecule has 0 saturated heterocycles. The second kappa shape index (κ2) is 7.26. The average molecular weight is 316 g/mol. The third-order valence-electron chi connectivity index (χ3n) is 2.32. The number of ether oxygens (including phenoxy) is 2. The van der Waals surface area contributed by atoms with Crippen molar-refractivity contribution in [3.8, 4) is 11.5 Å². The number of benzene rings is 1. The van der Waals surface area contributed by atoms with Crippen LogP contribution in [-0.4, -0.2) is 30.5 Å². The van der Waals surface area contributed by atoms with E-state index in [9.17, 15) is 4.79 Å². The Hall–Kier alpha value is -1.23. The van der Waals surface area contributed by atoms with Gasteiger partial charge >= 0.3 is 0 Å². The largest absolute Gasteiger partial charge is 0.497 e. The first kappa shape index (κ1) is 14.8. The number of rotatable bonds is 6. The molecule has 1 rings (SSSR count). The molecule has 100 valence electrons. The van der Waals surface area contributed by atoms with Crippen molar-refractivity contribution in [3.05, 3.63) is 24.3 Å². The molecule has 18 heavy (non-hydrogen) atoms. The van der Waals surface area contributed by atoms with Crippen LogP contribution in [0.5, 0.6) is 11.5 Å². The highest BCUT2D eigenvalue weighted by Gasteiger charge is 2.10. The molecule has 0 aliphatic rings. The molecule has 1 amide bonds. The lowest BCUT2D eigenvalue weighted by molar-refractivity contribution is -0.120. The van der Waals surface area contributed by atoms with Crippen LogP contribution in [0.2, 0.25) is 0 Å². The Labute approximate surface area is 116 Å². The summed E-state index contributed by atoms with van der Waals surface area (Å²) in [6, 6.07) is 7.34. The van der Waals surface area contributed by atoms with Crippen LogP contribution in [0.3, 0.4) is 0 Å². The van der Waals surface area contributed by atoms with Gasteiger partial charge in [0.15, 0.2) is 0 Å². The van der Waals surface area contributed by atoms with Crippen molar-refractivity contribution >= 4 is 21.8 Å². The molecule has 4 nitrogen and oxygen atoms in total. The van der Waals surface area contributed by atoms with E-state index in [1.54, 1.807) is 14.0 Å². The average Bonchev–Trinajstić information content (AvgIpc) is 2.36. The summed E-state index contributed by atoms with van der Waals surface area (Å²) in [6.07, 6.45) is -0.0893. The first-order valence-electron chi connectivity index (χ1n) is 5.75. The summed E-state index contributed by atoms with van der Waals surface area (Å²) in [7, 11) is 1.62. The molecule has 0 aliphatic heterocycles. The minimum Gasteiger partial charge on any atom is -0.497 e. The van der Waals surface area contributed by atoms with E-state index >= 15 is 0 Å². The molecule has 0 spiro atoms. The third kappa shape index (κ3) is 4.96. The molecule has 0 aliphatic carbocycles. The summed E-state index contributed by atoms with van der Waals surface area (Å²) in [4.78, 5) is 11.2. The number of halogens is 1. The van der Waals surface area contributed by atoms with E-state index < -0.39 is 0 Å². The second-order valence-electron chi connectivity index (χ2n) is 3.97. The van der Waals surface area contributed by atoms with Crippen molar-refractivity contribution < 1.29 is 14.3 Å². The monoisotopic (exact) mass is 315 g/mol. The Kier molecular flexibility index (Phi) is 5.98. The van der Waals surface area contributed by atoms with Crippen molar-refractivity contribution in [3.63, 3.8) is 0 Å². The van der Waals surface area contributed by atoms with Crippen LogP contribution in [-0.2, 0) is 4.79 Å². The topological polar surface area (TPSA) is 47.6 Å². The third-order valence-corrected chi connectivity index (χ3v) is 2.74.